The SMILES string of the molecule is CCc1cc(CC)c(C(N)c2cccc(Cl)c2)c(CC)c1. The Labute approximate surface area is 133 Å². The van der Waals surface area contributed by atoms with Gasteiger partial charge in [-0.15, -0.1) is 0 Å². The molecule has 2 N–H and O–H groups in total. The van der Waals surface area contributed by atoms with Crippen LogP contribution in [0.15, 0.2) is 36.4 Å². The highest BCUT2D eigenvalue weighted by atomic mass is 35.5. The zero-order valence-electron chi connectivity index (χ0n) is 13.1. The van der Waals surface area contributed by atoms with Gasteiger partial charge in [0.25, 0.3) is 0 Å². The van der Waals surface area contributed by atoms with E-state index >= 15 is 0 Å². The second-order valence-corrected chi connectivity index (χ2v) is 5.86. The number of hydrogen-bond acceptors (Lipinski definition) is 1. The summed E-state index contributed by atoms with van der Waals surface area (Å²) in [5, 5.41) is 0.740. The molecule has 2 aromatic carbocycles. The third kappa shape index (κ3) is 3.48. The average molecular weight is 302 g/mol. The first-order valence-electron chi connectivity index (χ1n) is 7.76. The van der Waals surface area contributed by atoms with E-state index in [-0.39, 0.29) is 6.04 Å². The number of halogens is 1. The van der Waals surface area contributed by atoms with Gasteiger partial charge in [0.1, 0.15) is 0 Å². The minimum Gasteiger partial charge on any atom is -0.320 e. The van der Waals surface area contributed by atoms with Crippen molar-refractivity contribution in [1.29, 1.82) is 0 Å². The molecule has 1 unspecified atom stereocenters. The van der Waals surface area contributed by atoms with Crippen molar-refractivity contribution in [3.63, 3.8) is 0 Å². The molecule has 1 atom stereocenters. The van der Waals surface area contributed by atoms with Gasteiger partial charge in [-0.05, 0) is 59.2 Å². The van der Waals surface area contributed by atoms with Gasteiger partial charge in [0.15, 0.2) is 0 Å². The summed E-state index contributed by atoms with van der Waals surface area (Å²) in [6.07, 6.45) is 3.07. The lowest BCUT2D eigenvalue weighted by Gasteiger charge is -2.22. The second kappa shape index (κ2) is 7.11. The molecule has 0 aliphatic rings. The first kappa shape index (κ1) is 16.1. The molecule has 0 radical (unpaired) electrons. The summed E-state index contributed by atoms with van der Waals surface area (Å²) in [7, 11) is 0. The van der Waals surface area contributed by atoms with Crippen LogP contribution in [0.1, 0.15) is 54.6 Å². The molecule has 0 aliphatic heterocycles. The van der Waals surface area contributed by atoms with Crippen LogP contribution in [0.3, 0.4) is 0 Å². The normalized spacial score (nSPS) is 12.4. The van der Waals surface area contributed by atoms with E-state index in [1.165, 1.54) is 22.3 Å². The average Bonchev–Trinajstić information content (AvgIpc) is 2.52. The molecule has 2 heteroatoms. The highest BCUT2D eigenvalue weighted by molar-refractivity contribution is 6.30. The van der Waals surface area contributed by atoms with E-state index < -0.39 is 0 Å². The van der Waals surface area contributed by atoms with Crippen molar-refractivity contribution in [3.05, 3.63) is 69.2 Å². The van der Waals surface area contributed by atoms with Gasteiger partial charge in [-0.2, -0.15) is 0 Å². The predicted molar refractivity (Wildman–Crippen MR) is 92.1 cm³/mol. The van der Waals surface area contributed by atoms with Gasteiger partial charge >= 0.3 is 0 Å². The van der Waals surface area contributed by atoms with Gasteiger partial charge in [-0.3, -0.25) is 0 Å². The molecular weight excluding hydrogens is 278 g/mol. The van der Waals surface area contributed by atoms with Crippen LogP contribution in [0.5, 0.6) is 0 Å². The van der Waals surface area contributed by atoms with Crippen LogP contribution in [0.4, 0.5) is 0 Å². The molecule has 0 amide bonds. The van der Waals surface area contributed by atoms with Crippen molar-refractivity contribution in [2.75, 3.05) is 0 Å². The fourth-order valence-electron chi connectivity index (χ4n) is 2.91. The maximum absolute atomic E-state index is 6.57. The van der Waals surface area contributed by atoms with Gasteiger partial charge in [0.2, 0.25) is 0 Å². The second-order valence-electron chi connectivity index (χ2n) is 5.42. The fourth-order valence-corrected chi connectivity index (χ4v) is 3.11. The number of aryl methyl sites for hydroxylation is 3. The van der Waals surface area contributed by atoms with E-state index in [9.17, 15) is 0 Å². The van der Waals surface area contributed by atoms with Gasteiger partial charge < -0.3 is 5.73 Å². The Balaban J connectivity index is 2.55. The van der Waals surface area contributed by atoms with Crippen LogP contribution in [0.25, 0.3) is 0 Å². The molecule has 0 aliphatic carbocycles. The van der Waals surface area contributed by atoms with E-state index in [2.05, 4.69) is 39.0 Å². The summed E-state index contributed by atoms with van der Waals surface area (Å²) >= 11 is 6.12. The van der Waals surface area contributed by atoms with Crippen molar-refractivity contribution in [1.82, 2.24) is 0 Å². The van der Waals surface area contributed by atoms with Crippen LogP contribution in [-0.4, -0.2) is 0 Å². The minimum atomic E-state index is -0.112. The Morgan fingerprint density at radius 1 is 0.952 bits per heavy atom. The molecule has 0 saturated carbocycles. The van der Waals surface area contributed by atoms with E-state index in [1.807, 2.05) is 18.2 Å². The lowest BCUT2D eigenvalue weighted by atomic mass is 9.87. The summed E-state index contributed by atoms with van der Waals surface area (Å²) in [6, 6.07) is 12.4. The third-order valence-corrected chi connectivity index (χ3v) is 4.34. The lowest BCUT2D eigenvalue weighted by molar-refractivity contribution is 0.824. The summed E-state index contributed by atoms with van der Waals surface area (Å²) in [4.78, 5) is 0. The van der Waals surface area contributed by atoms with Crippen LogP contribution in [-0.2, 0) is 19.3 Å². The molecule has 0 fully saturated rings. The molecule has 0 aromatic heterocycles. The number of benzene rings is 2. The highest BCUT2D eigenvalue weighted by Gasteiger charge is 2.17. The summed E-state index contributed by atoms with van der Waals surface area (Å²) in [5.74, 6) is 0. The molecule has 0 heterocycles. The Kier molecular flexibility index (Phi) is 5.44. The zero-order valence-corrected chi connectivity index (χ0v) is 13.9. The maximum atomic E-state index is 6.57. The number of hydrogen-bond donors (Lipinski definition) is 1. The molecule has 2 rings (SSSR count). The van der Waals surface area contributed by atoms with E-state index in [0.29, 0.717) is 0 Å². The highest BCUT2D eigenvalue weighted by Crippen LogP contribution is 2.30. The van der Waals surface area contributed by atoms with Gasteiger partial charge in [0.05, 0.1) is 6.04 Å². The number of rotatable bonds is 5. The molecule has 0 saturated heterocycles. The minimum absolute atomic E-state index is 0.112. The quantitative estimate of drug-likeness (QED) is 0.819. The van der Waals surface area contributed by atoms with Crippen LogP contribution in [0, 0.1) is 0 Å². The van der Waals surface area contributed by atoms with Crippen LogP contribution < -0.4 is 5.73 Å². The molecular formula is C19H24ClN. The predicted octanol–water partition coefficient (Wildman–Crippen LogP) is 5.08. The summed E-state index contributed by atoms with van der Waals surface area (Å²) < 4.78 is 0. The molecule has 2 aromatic rings. The summed E-state index contributed by atoms with van der Waals surface area (Å²) in [6.45, 7) is 6.59. The Hall–Kier alpha value is -1.31. The first-order chi connectivity index (χ1) is 10.1. The van der Waals surface area contributed by atoms with Crippen LogP contribution in [0.2, 0.25) is 5.02 Å². The summed E-state index contributed by atoms with van der Waals surface area (Å²) in [5.41, 5.74) is 13.0. The number of nitrogens with two attached hydrogens (primary N) is 1. The molecule has 21 heavy (non-hydrogen) atoms. The maximum Gasteiger partial charge on any atom is 0.0557 e. The van der Waals surface area contributed by atoms with Gasteiger partial charge in [0, 0.05) is 5.02 Å². The Morgan fingerprint density at radius 3 is 2.05 bits per heavy atom. The lowest BCUT2D eigenvalue weighted by Crippen LogP contribution is -2.17. The Morgan fingerprint density at radius 2 is 1.57 bits per heavy atom. The van der Waals surface area contributed by atoms with Crippen molar-refractivity contribution in [2.24, 2.45) is 5.73 Å². The smallest absolute Gasteiger partial charge is 0.0557 e. The molecule has 0 spiro atoms. The molecule has 1 nitrogen and oxygen atoms in total. The fraction of sp³-hybridized carbons (Fsp3) is 0.368. The van der Waals surface area contributed by atoms with E-state index in [0.717, 1.165) is 29.8 Å². The molecule has 0 bridgehead atoms. The van der Waals surface area contributed by atoms with E-state index in [1.54, 1.807) is 0 Å². The molecule has 112 valence electrons. The Bertz CT molecular complexity index is 594. The van der Waals surface area contributed by atoms with Crippen molar-refractivity contribution in [3.8, 4) is 0 Å². The zero-order chi connectivity index (χ0) is 15.4. The topological polar surface area (TPSA) is 26.0 Å². The largest absolute Gasteiger partial charge is 0.320 e. The van der Waals surface area contributed by atoms with Crippen molar-refractivity contribution >= 4 is 11.6 Å². The first-order valence-corrected chi connectivity index (χ1v) is 8.14. The monoisotopic (exact) mass is 301 g/mol. The van der Waals surface area contributed by atoms with E-state index in [4.69, 9.17) is 17.3 Å². The van der Waals surface area contributed by atoms with Gasteiger partial charge in [-0.25, -0.2) is 0 Å². The third-order valence-electron chi connectivity index (χ3n) is 4.10. The standard InChI is InChI=1S/C19H24ClN/c1-4-13-10-14(5-2)18(15(6-3)11-13)19(21)16-8-7-9-17(20)12-16/h7-12,19H,4-6,21H2,1-3H3. The van der Waals surface area contributed by atoms with Crippen LogP contribution >= 0.6 is 11.6 Å². The van der Waals surface area contributed by atoms with Crippen molar-refractivity contribution in [2.45, 2.75) is 46.1 Å². The van der Waals surface area contributed by atoms with Gasteiger partial charge in [-0.1, -0.05) is 56.6 Å². The van der Waals surface area contributed by atoms with Crippen molar-refractivity contribution < 1.29 is 0 Å².